The first kappa shape index (κ1) is 16.6. The quantitative estimate of drug-likeness (QED) is 0.629. The smallest absolute Gasteiger partial charge is 0.187 e. The number of ketones is 1. The van der Waals surface area contributed by atoms with Crippen molar-refractivity contribution in [3.63, 3.8) is 0 Å². The molecule has 3 nitrogen and oxygen atoms in total. The minimum Gasteiger partial charge on any atom is -0.371 e. The molecule has 24 heavy (non-hydrogen) atoms. The highest BCUT2D eigenvalue weighted by Gasteiger charge is 2.21. The standard InChI is InChI=1S/C21H26N2O/c1-3-23(4-2)20(14-21(24)16-10-6-5-7-11-16)18-15-22-19-13-9-8-12-17(18)19/h5-7,10-11,14-15,22H,3-4,8-9,12-13H2,1-2H3/b20-14+. The number of carbonyl (C=O) groups excluding carboxylic acids is 1. The molecule has 1 aromatic heterocycles. The molecule has 1 N–H and O–H groups in total. The molecular formula is C21H26N2O. The van der Waals surface area contributed by atoms with Crippen LogP contribution in [0.4, 0.5) is 0 Å². The molecule has 3 rings (SSSR count). The summed E-state index contributed by atoms with van der Waals surface area (Å²) in [6.45, 7) is 6.07. The summed E-state index contributed by atoms with van der Waals surface area (Å²) in [7, 11) is 0. The van der Waals surface area contributed by atoms with Gasteiger partial charge in [-0.25, -0.2) is 0 Å². The minimum absolute atomic E-state index is 0.0725. The van der Waals surface area contributed by atoms with Crippen LogP contribution in [0.3, 0.4) is 0 Å². The number of allylic oxidation sites excluding steroid dienone is 1. The van der Waals surface area contributed by atoms with Crippen molar-refractivity contribution in [3.05, 3.63) is 65.0 Å². The number of aryl methyl sites for hydroxylation is 1. The van der Waals surface area contributed by atoms with E-state index in [0.717, 1.165) is 37.2 Å². The van der Waals surface area contributed by atoms with Crippen molar-refractivity contribution in [1.29, 1.82) is 0 Å². The number of H-pyrrole nitrogens is 1. The summed E-state index contributed by atoms with van der Waals surface area (Å²) in [5, 5.41) is 0. The zero-order valence-corrected chi connectivity index (χ0v) is 14.6. The van der Waals surface area contributed by atoms with Crippen LogP contribution in [0.1, 0.15) is 53.9 Å². The van der Waals surface area contributed by atoms with E-state index < -0.39 is 0 Å². The van der Waals surface area contributed by atoms with Crippen molar-refractivity contribution in [2.45, 2.75) is 39.5 Å². The summed E-state index contributed by atoms with van der Waals surface area (Å²) in [6, 6.07) is 9.53. The Labute approximate surface area is 144 Å². The number of nitrogens with one attached hydrogen (secondary N) is 1. The van der Waals surface area contributed by atoms with Gasteiger partial charge in [-0.2, -0.15) is 0 Å². The molecule has 0 atom stereocenters. The van der Waals surface area contributed by atoms with Gasteiger partial charge in [0.05, 0.1) is 0 Å². The molecule has 1 heterocycles. The van der Waals surface area contributed by atoms with Gasteiger partial charge in [0.2, 0.25) is 0 Å². The highest BCUT2D eigenvalue weighted by Crippen LogP contribution is 2.30. The maximum atomic E-state index is 12.7. The molecule has 0 unspecified atom stereocenters. The molecule has 0 radical (unpaired) electrons. The number of hydrogen-bond donors (Lipinski definition) is 1. The fraction of sp³-hybridized carbons (Fsp3) is 0.381. The maximum Gasteiger partial charge on any atom is 0.187 e. The predicted octanol–water partition coefficient (Wildman–Crippen LogP) is 4.46. The molecule has 0 aliphatic heterocycles. The van der Waals surface area contributed by atoms with Gasteiger partial charge in [-0.1, -0.05) is 30.3 Å². The molecule has 3 heteroatoms. The Morgan fingerprint density at radius 2 is 1.83 bits per heavy atom. The first-order valence-electron chi connectivity index (χ1n) is 9.00. The zero-order valence-electron chi connectivity index (χ0n) is 14.6. The van der Waals surface area contributed by atoms with Crippen molar-refractivity contribution in [3.8, 4) is 0 Å². The summed E-state index contributed by atoms with van der Waals surface area (Å²) in [6.07, 6.45) is 8.62. The second kappa shape index (κ2) is 7.52. The van der Waals surface area contributed by atoms with Crippen LogP contribution in [0.25, 0.3) is 5.70 Å². The molecule has 0 spiro atoms. The normalized spacial score (nSPS) is 14.3. The third-order valence-corrected chi connectivity index (χ3v) is 4.89. The van der Waals surface area contributed by atoms with Gasteiger partial charge in [0.1, 0.15) is 0 Å². The van der Waals surface area contributed by atoms with Crippen molar-refractivity contribution >= 4 is 11.5 Å². The first-order chi connectivity index (χ1) is 11.7. The van der Waals surface area contributed by atoms with Crippen molar-refractivity contribution in [2.75, 3.05) is 13.1 Å². The summed E-state index contributed by atoms with van der Waals surface area (Å²) in [5.41, 5.74) is 5.75. The highest BCUT2D eigenvalue weighted by molar-refractivity contribution is 6.08. The van der Waals surface area contributed by atoms with Gasteiger partial charge < -0.3 is 9.88 Å². The van der Waals surface area contributed by atoms with Crippen molar-refractivity contribution < 1.29 is 4.79 Å². The lowest BCUT2D eigenvalue weighted by Gasteiger charge is -2.25. The van der Waals surface area contributed by atoms with Crippen LogP contribution in [0.2, 0.25) is 0 Å². The van der Waals surface area contributed by atoms with E-state index >= 15 is 0 Å². The Hall–Kier alpha value is -2.29. The molecule has 0 saturated carbocycles. The number of aromatic nitrogens is 1. The van der Waals surface area contributed by atoms with Crippen LogP contribution >= 0.6 is 0 Å². The van der Waals surface area contributed by atoms with Crippen LogP contribution in [0.5, 0.6) is 0 Å². The molecule has 2 aromatic rings. The minimum atomic E-state index is 0.0725. The molecule has 0 fully saturated rings. The Morgan fingerprint density at radius 3 is 2.54 bits per heavy atom. The van der Waals surface area contributed by atoms with E-state index in [-0.39, 0.29) is 5.78 Å². The van der Waals surface area contributed by atoms with Crippen LogP contribution in [-0.2, 0) is 12.8 Å². The second-order valence-corrected chi connectivity index (χ2v) is 6.30. The fourth-order valence-corrected chi connectivity index (χ4v) is 3.55. The number of benzene rings is 1. The third kappa shape index (κ3) is 3.30. The number of aromatic amines is 1. The van der Waals surface area contributed by atoms with E-state index in [9.17, 15) is 4.79 Å². The molecule has 1 aliphatic rings. The Kier molecular flexibility index (Phi) is 5.19. The Bertz CT molecular complexity index is 724. The van der Waals surface area contributed by atoms with Gasteiger partial charge in [0, 0.05) is 47.9 Å². The van der Waals surface area contributed by atoms with Gasteiger partial charge in [-0.15, -0.1) is 0 Å². The third-order valence-electron chi connectivity index (χ3n) is 4.89. The van der Waals surface area contributed by atoms with Gasteiger partial charge in [0.25, 0.3) is 0 Å². The highest BCUT2D eigenvalue weighted by atomic mass is 16.1. The van der Waals surface area contributed by atoms with E-state index in [1.165, 1.54) is 29.7 Å². The molecule has 0 amide bonds. The maximum absolute atomic E-state index is 12.7. The van der Waals surface area contributed by atoms with Crippen molar-refractivity contribution in [1.82, 2.24) is 9.88 Å². The topological polar surface area (TPSA) is 36.1 Å². The first-order valence-corrected chi connectivity index (χ1v) is 9.00. The molecule has 0 bridgehead atoms. The predicted molar refractivity (Wildman–Crippen MR) is 99.1 cm³/mol. The second-order valence-electron chi connectivity index (χ2n) is 6.30. The molecule has 0 saturated heterocycles. The number of fused-ring (bicyclic) bond motifs is 1. The summed E-state index contributed by atoms with van der Waals surface area (Å²) < 4.78 is 0. The van der Waals surface area contributed by atoms with Crippen molar-refractivity contribution in [2.24, 2.45) is 0 Å². The van der Waals surface area contributed by atoms with Crippen LogP contribution in [0, 0.1) is 0 Å². The van der Waals surface area contributed by atoms with Crippen LogP contribution in [-0.4, -0.2) is 28.8 Å². The summed E-state index contributed by atoms with van der Waals surface area (Å²) in [4.78, 5) is 18.5. The van der Waals surface area contributed by atoms with Crippen LogP contribution in [0.15, 0.2) is 42.6 Å². The summed E-state index contributed by atoms with van der Waals surface area (Å²) >= 11 is 0. The average Bonchev–Trinajstić information content (AvgIpc) is 3.06. The SMILES string of the molecule is CCN(CC)/C(=C/C(=O)c1ccccc1)c1c[nH]c2c1CCCC2. The van der Waals surface area contributed by atoms with Gasteiger partial charge in [-0.05, 0) is 45.1 Å². The lowest BCUT2D eigenvalue weighted by Crippen LogP contribution is -2.22. The van der Waals surface area contributed by atoms with E-state index in [1.54, 1.807) is 0 Å². The number of carbonyl (C=O) groups is 1. The monoisotopic (exact) mass is 322 g/mol. The Morgan fingerprint density at radius 1 is 1.12 bits per heavy atom. The average molecular weight is 322 g/mol. The largest absolute Gasteiger partial charge is 0.371 e. The zero-order chi connectivity index (χ0) is 16.9. The van der Waals surface area contributed by atoms with E-state index in [2.05, 4.69) is 29.9 Å². The van der Waals surface area contributed by atoms with E-state index in [0.29, 0.717) is 0 Å². The number of rotatable bonds is 6. The van der Waals surface area contributed by atoms with E-state index in [4.69, 9.17) is 0 Å². The summed E-state index contributed by atoms with van der Waals surface area (Å²) in [5.74, 6) is 0.0725. The van der Waals surface area contributed by atoms with Gasteiger partial charge in [-0.3, -0.25) is 4.79 Å². The number of hydrogen-bond acceptors (Lipinski definition) is 2. The Balaban J connectivity index is 2.02. The lowest BCUT2D eigenvalue weighted by atomic mass is 9.93. The molecule has 1 aliphatic carbocycles. The number of nitrogens with zero attached hydrogens (tertiary/aromatic N) is 1. The molecule has 1 aromatic carbocycles. The lowest BCUT2D eigenvalue weighted by molar-refractivity contribution is 0.104. The molecular weight excluding hydrogens is 296 g/mol. The van der Waals surface area contributed by atoms with Gasteiger partial charge in [0.15, 0.2) is 5.78 Å². The fourth-order valence-electron chi connectivity index (χ4n) is 3.55. The van der Waals surface area contributed by atoms with Gasteiger partial charge >= 0.3 is 0 Å². The molecule has 126 valence electrons. The van der Waals surface area contributed by atoms with E-state index in [1.807, 2.05) is 36.4 Å². The van der Waals surface area contributed by atoms with Crippen LogP contribution < -0.4 is 0 Å².